The molecule has 142 valence electrons. The van der Waals surface area contributed by atoms with E-state index in [1.165, 1.54) is 16.0 Å². The van der Waals surface area contributed by atoms with Crippen molar-refractivity contribution in [2.75, 3.05) is 26.5 Å². The molecule has 1 aromatic carbocycles. The first kappa shape index (κ1) is 19.7. The Balaban J connectivity index is 1.71. The monoisotopic (exact) mass is 412 g/mol. The highest BCUT2D eigenvalue weighted by atomic mass is 32.2. The van der Waals surface area contributed by atoms with Crippen LogP contribution in [0, 0.1) is 9.87 Å². The molecule has 1 aliphatic heterocycles. The van der Waals surface area contributed by atoms with Crippen molar-refractivity contribution in [3.8, 4) is 11.5 Å². The van der Waals surface area contributed by atoms with Gasteiger partial charge in [-0.3, -0.25) is 0 Å². The topological polar surface area (TPSA) is 40.7 Å². The number of hydrogen-bond donors (Lipinski definition) is 1. The maximum absolute atomic E-state index is 5.53. The molecule has 0 saturated carbocycles. The molecule has 0 spiro atoms. The molecule has 1 aromatic heterocycles. The summed E-state index contributed by atoms with van der Waals surface area (Å²) in [7, 11) is 3.37. The Morgan fingerprint density at radius 1 is 1.27 bits per heavy atom. The minimum absolute atomic E-state index is 0.655. The number of hydrogen-bond acceptors (Lipinski definition) is 6. The molecule has 26 heavy (non-hydrogen) atoms. The second-order valence-electron chi connectivity index (χ2n) is 6.90. The van der Waals surface area contributed by atoms with E-state index in [4.69, 9.17) is 26.8 Å². The fourth-order valence-corrected chi connectivity index (χ4v) is 5.37. The number of quaternary nitrogens is 1. The molecule has 2 aromatic rings. The van der Waals surface area contributed by atoms with Crippen LogP contribution >= 0.6 is 35.3 Å². The largest absolute Gasteiger partial charge is 0.493 e. The summed E-state index contributed by atoms with van der Waals surface area (Å²) in [6.07, 6.45) is 1.03. The minimum Gasteiger partial charge on any atom is -0.493 e. The predicted molar refractivity (Wildman–Crippen MR) is 109 cm³/mol. The molecule has 0 radical (unpaired) electrons. The van der Waals surface area contributed by atoms with Crippen molar-refractivity contribution < 1.29 is 14.4 Å². The van der Waals surface area contributed by atoms with Gasteiger partial charge in [-0.2, -0.15) is 4.68 Å². The molecule has 0 saturated heterocycles. The van der Waals surface area contributed by atoms with Gasteiger partial charge in [0.25, 0.3) is 0 Å². The van der Waals surface area contributed by atoms with Crippen LogP contribution in [-0.2, 0) is 19.6 Å². The van der Waals surface area contributed by atoms with Crippen LogP contribution < -0.4 is 14.4 Å². The average Bonchev–Trinajstić information content (AvgIpc) is 2.98. The molecule has 0 bridgehead atoms. The van der Waals surface area contributed by atoms with Gasteiger partial charge in [0.2, 0.25) is 0 Å². The summed E-state index contributed by atoms with van der Waals surface area (Å²) < 4.78 is 14.8. The number of rotatable bonds is 7. The Morgan fingerprint density at radius 3 is 2.62 bits per heavy atom. The molecule has 0 amide bonds. The number of fused-ring (bicyclic) bond motifs is 1. The standard InChI is InChI=1S/C18H25N3O2S3/c1-12(2)10-25-17-19-21(18(24)26-17)11-20-6-5-13-7-15(22-3)16(23-4)8-14(13)9-20/h7-8,12H,5-6,9-11H2,1-4H3/p+1. The first-order valence-corrected chi connectivity index (χ1v) is 11.0. The van der Waals surface area contributed by atoms with E-state index < -0.39 is 0 Å². The molecule has 5 nitrogen and oxygen atoms in total. The molecule has 1 N–H and O–H groups in total. The van der Waals surface area contributed by atoms with Gasteiger partial charge in [0.15, 0.2) is 26.5 Å². The van der Waals surface area contributed by atoms with Crippen LogP contribution in [0.15, 0.2) is 16.5 Å². The van der Waals surface area contributed by atoms with Crippen molar-refractivity contribution in [2.24, 2.45) is 5.92 Å². The number of benzene rings is 1. The molecule has 0 aliphatic carbocycles. The highest BCUT2D eigenvalue weighted by Crippen LogP contribution is 2.31. The van der Waals surface area contributed by atoms with Gasteiger partial charge in [0.1, 0.15) is 6.54 Å². The third-order valence-electron chi connectivity index (χ3n) is 4.40. The summed E-state index contributed by atoms with van der Waals surface area (Å²) in [5.41, 5.74) is 2.67. The zero-order valence-corrected chi connectivity index (χ0v) is 18.2. The van der Waals surface area contributed by atoms with E-state index in [-0.39, 0.29) is 0 Å². The Morgan fingerprint density at radius 2 is 1.96 bits per heavy atom. The lowest BCUT2D eigenvalue weighted by Gasteiger charge is -2.26. The summed E-state index contributed by atoms with van der Waals surface area (Å²) in [4.78, 5) is 1.46. The molecule has 0 fully saturated rings. The number of nitrogens with zero attached hydrogens (tertiary/aromatic N) is 2. The van der Waals surface area contributed by atoms with Crippen molar-refractivity contribution in [2.45, 2.75) is 37.8 Å². The van der Waals surface area contributed by atoms with Gasteiger partial charge in [-0.15, -0.1) is 5.10 Å². The predicted octanol–water partition coefficient (Wildman–Crippen LogP) is 3.04. The van der Waals surface area contributed by atoms with Gasteiger partial charge in [0, 0.05) is 17.7 Å². The summed E-state index contributed by atoms with van der Waals surface area (Å²) in [5.74, 6) is 3.34. The lowest BCUT2D eigenvalue weighted by atomic mass is 9.99. The first-order chi connectivity index (χ1) is 12.5. The number of aromatic nitrogens is 2. The summed E-state index contributed by atoms with van der Waals surface area (Å²) in [6.45, 7) is 7.27. The zero-order chi connectivity index (χ0) is 18.7. The van der Waals surface area contributed by atoms with E-state index in [0.29, 0.717) is 5.92 Å². The van der Waals surface area contributed by atoms with Crippen LogP contribution in [0.4, 0.5) is 0 Å². The number of ether oxygens (including phenoxy) is 2. The van der Waals surface area contributed by atoms with E-state index in [0.717, 1.165) is 51.7 Å². The summed E-state index contributed by atoms with van der Waals surface area (Å²) in [5, 5.41) is 4.72. The SMILES string of the molecule is COc1cc2c(cc1OC)C[NH+](Cn1nc(SCC(C)C)sc1=S)CC2. The normalized spacial score (nSPS) is 16.6. The number of nitrogens with one attached hydrogen (secondary N) is 1. The van der Waals surface area contributed by atoms with Crippen molar-refractivity contribution >= 4 is 35.3 Å². The van der Waals surface area contributed by atoms with E-state index >= 15 is 0 Å². The molecule has 1 aliphatic rings. The van der Waals surface area contributed by atoms with E-state index in [2.05, 4.69) is 26.0 Å². The van der Waals surface area contributed by atoms with Crippen LogP contribution in [0.5, 0.6) is 11.5 Å². The maximum Gasteiger partial charge on any atom is 0.185 e. The van der Waals surface area contributed by atoms with Crippen molar-refractivity contribution in [3.63, 3.8) is 0 Å². The molecule has 3 rings (SSSR count). The summed E-state index contributed by atoms with van der Waals surface area (Å²) in [6, 6.07) is 4.22. The number of thioether (sulfide) groups is 1. The van der Waals surface area contributed by atoms with Crippen LogP contribution in [0.25, 0.3) is 0 Å². The van der Waals surface area contributed by atoms with Gasteiger partial charge in [-0.1, -0.05) is 36.9 Å². The lowest BCUT2D eigenvalue weighted by molar-refractivity contribution is -0.939. The lowest BCUT2D eigenvalue weighted by Crippen LogP contribution is -3.11. The quantitative estimate of drug-likeness (QED) is 0.559. The Labute approximate surface area is 168 Å². The van der Waals surface area contributed by atoms with Gasteiger partial charge >= 0.3 is 0 Å². The molecule has 8 heteroatoms. The van der Waals surface area contributed by atoms with E-state index in [1.807, 2.05) is 4.68 Å². The molecule has 1 atom stereocenters. The van der Waals surface area contributed by atoms with Gasteiger partial charge < -0.3 is 14.4 Å². The van der Waals surface area contributed by atoms with E-state index in [9.17, 15) is 0 Å². The minimum atomic E-state index is 0.655. The van der Waals surface area contributed by atoms with Gasteiger partial charge in [-0.05, 0) is 35.8 Å². The van der Waals surface area contributed by atoms with Crippen LogP contribution in [0.2, 0.25) is 0 Å². The third kappa shape index (κ3) is 4.60. The maximum atomic E-state index is 5.53. The Kier molecular flexibility index (Phi) is 6.60. The molecular weight excluding hydrogens is 386 g/mol. The van der Waals surface area contributed by atoms with Crippen LogP contribution in [0.3, 0.4) is 0 Å². The zero-order valence-electron chi connectivity index (χ0n) is 15.7. The number of methoxy groups -OCH3 is 2. The van der Waals surface area contributed by atoms with Crippen LogP contribution in [0.1, 0.15) is 25.0 Å². The fraction of sp³-hybridized carbons (Fsp3) is 0.556. The third-order valence-corrected chi connectivity index (χ3v) is 7.26. The smallest absolute Gasteiger partial charge is 0.185 e. The Hall–Kier alpha value is -1.09. The highest BCUT2D eigenvalue weighted by Gasteiger charge is 2.23. The Bertz CT molecular complexity index is 816. The molecule has 2 heterocycles. The second kappa shape index (κ2) is 8.73. The average molecular weight is 413 g/mol. The van der Waals surface area contributed by atoms with Crippen LogP contribution in [-0.4, -0.2) is 36.3 Å². The van der Waals surface area contributed by atoms with E-state index in [1.54, 1.807) is 37.3 Å². The fourth-order valence-electron chi connectivity index (χ4n) is 3.06. The molecule has 1 unspecified atom stereocenters. The van der Waals surface area contributed by atoms with Crippen molar-refractivity contribution in [3.05, 3.63) is 27.2 Å². The van der Waals surface area contributed by atoms with Crippen molar-refractivity contribution in [1.82, 2.24) is 9.78 Å². The van der Waals surface area contributed by atoms with Crippen molar-refractivity contribution in [1.29, 1.82) is 0 Å². The highest BCUT2D eigenvalue weighted by molar-refractivity contribution is 8.01. The first-order valence-electron chi connectivity index (χ1n) is 8.78. The second-order valence-corrected chi connectivity index (χ2v) is 9.79. The molecular formula is C18H26N3O2S3+. The van der Waals surface area contributed by atoms with Gasteiger partial charge in [-0.25, -0.2) is 0 Å². The van der Waals surface area contributed by atoms with Gasteiger partial charge in [0.05, 0.1) is 20.8 Å². The summed E-state index contributed by atoms with van der Waals surface area (Å²) >= 11 is 8.95.